The minimum absolute atomic E-state index is 0.00590. The smallest absolute Gasteiger partial charge is 0.342 e. The minimum atomic E-state index is -0.797. The third kappa shape index (κ3) is 4.59. The minimum Gasteiger partial charge on any atom is -0.507 e. The zero-order chi connectivity index (χ0) is 21.1. The first-order valence-corrected chi connectivity index (χ1v) is 10.1. The number of carbonyl (C=O) groups excluding carboxylic acids is 3. The van der Waals surface area contributed by atoms with E-state index in [0.717, 1.165) is 35.3 Å². The summed E-state index contributed by atoms with van der Waals surface area (Å²) in [5.74, 6) is -1.56. The van der Waals surface area contributed by atoms with Crippen molar-refractivity contribution in [2.45, 2.75) is 33.1 Å². The van der Waals surface area contributed by atoms with Crippen molar-refractivity contribution in [3.63, 3.8) is 0 Å². The summed E-state index contributed by atoms with van der Waals surface area (Å²) in [5.41, 5.74) is 2.08. The molecule has 0 saturated carbocycles. The van der Waals surface area contributed by atoms with Crippen molar-refractivity contribution in [1.82, 2.24) is 0 Å². The third-order valence-corrected chi connectivity index (χ3v) is 6.03. The van der Waals surface area contributed by atoms with E-state index in [9.17, 15) is 19.5 Å². The van der Waals surface area contributed by atoms with E-state index in [2.05, 4.69) is 12.2 Å². The van der Waals surface area contributed by atoms with E-state index >= 15 is 0 Å². The first-order chi connectivity index (χ1) is 13.8. The summed E-state index contributed by atoms with van der Waals surface area (Å²) in [4.78, 5) is 37.8. The van der Waals surface area contributed by atoms with E-state index in [0.29, 0.717) is 16.5 Å². The third-order valence-electron chi connectivity index (χ3n) is 4.86. The molecular formula is C21H23NO6S. The van der Waals surface area contributed by atoms with E-state index in [1.54, 1.807) is 13.0 Å². The van der Waals surface area contributed by atoms with Gasteiger partial charge in [0.15, 0.2) is 6.61 Å². The van der Waals surface area contributed by atoms with Crippen LogP contribution in [0.15, 0.2) is 18.2 Å². The van der Waals surface area contributed by atoms with Crippen LogP contribution in [0.3, 0.4) is 0 Å². The van der Waals surface area contributed by atoms with Crippen LogP contribution in [-0.2, 0) is 27.1 Å². The number of amides is 1. The fourth-order valence-corrected chi connectivity index (χ4v) is 4.76. The fraction of sp³-hybridized carbons (Fsp3) is 0.381. The predicted molar refractivity (Wildman–Crippen MR) is 109 cm³/mol. The van der Waals surface area contributed by atoms with Gasteiger partial charge in [-0.3, -0.25) is 4.79 Å². The Morgan fingerprint density at radius 2 is 2.03 bits per heavy atom. The number of nitrogens with one attached hydrogen (secondary N) is 1. The van der Waals surface area contributed by atoms with Gasteiger partial charge in [-0.15, -0.1) is 11.3 Å². The predicted octanol–water partition coefficient (Wildman–Crippen LogP) is 3.47. The van der Waals surface area contributed by atoms with E-state index in [-0.39, 0.29) is 11.3 Å². The Labute approximate surface area is 172 Å². The molecule has 1 aliphatic rings. The lowest BCUT2D eigenvalue weighted by atomic mass is 9.88. The zero-order valence-corrected chi connectivity index (χ0v) is 17.4. The Bertz CT molecular complexity index is 964. The van der Waals surface area contributed by atoms with Gasteiger partial charge in [0, 0.05) is 4.88 Å². The summed E-state index contributed by atoms with van der Waals surface area (Å²) < 4.78 is 9.91. The van der Waals surface area contributed by atoms with Crippen molar-refractivity contribution >= 4 is 34.2 Å². The molecule has 2 N–H and O–H groups in total. The number of phenols is 1. The molecule has 0 spiro atoms. The van der Waals surface area contributed by atoms with Crippen LogP contribution in [0.5, 0.6) is 5.75 Å². The van der Waals surface area contributed by atoms with Gasteiger partial charge in [0.1, 0.15) is 16.3 Å². The van der Waals surface area contributed by atoms with E-state index in [1.165, 1.54) is 30.6 Å². The fourth-order valence-electron chi connectivity index (χ4n) is 3.34. The maximum Gasteiger partial charge on any atom is 0.342 e. The maximum absolute atomic E-state index is 12.3. The van der Waals surface area contributed by atoms with Crippen LogP contribution in [0.1, 0.15) is 50.1 Å². The van der Waals surface area contributed by atoms with Crippen molar-refractivity contribution in [2.24, 2.45) is 5.92 Å². The van der Waals surface area contributed by atoms with Crippen molar-refractivity contribution in [1.29, 1.82) is 0 Å². The molecule has 1 amide bonds. The number of anilines is 1. The van der Waals surface area contributed by atoms with Gasteiger partial charge in [-0.2, -0.15) is 0 Å². The standard InChI is InChI=1S/C21H23NO6S/c1-11-5-7-15(23)14(8-11)20(25)28-10-17(24)22-19-18(21(26)27-3)13-6-4-12(2)9-16(13)29-19/h5,7-8,12,23H,4,6,9-10H2,1-3H3,(H,22,24). The lowest BCUT2D eigenvalue weighted by Crippen LogP contribution is -2.22. The quantitative estimate of drug-likeness (QED) is 0.723. The normalized spacial score (nSPS) is 15.3. The molecular weight excluding hydrogens is 394 g/mol. The number of thiophene rings is 1. The average Bonchev–Trinajstić information content (AvgIpc) is 3.03. The maximum atomic E-state index is 12.3. The lowest BCUT2D eigenvalue weighted by Gasteiger charge is -2.18. The second kappa shape index (κ2) is 8.65. The van der Waals surface area contributed by atoms with Crippen LogP contribution >= 0.6 is 11.3 Å². The van der Waals surface area contributed by atoms with Gasteiger partial charge in [0.2, 0.25) is 0 Å². The number of aryl methyl sites for hydroxylation is 1. The lowest BCUT2D eigenvalue weighted by molar-refractivity contribution is -0.119. The van der Waals surface area contributed by atoms with Crippen LogP contribution in [0.4, 0.5) is 5.00 Å². The van der Waals surface area contributed by atoms with Crippen LogP contribution in [0.2, 0.25) is 0 Å². The number of carbonyl (C=O) groups is 3. The van der Waals surface area contributed by atoms with Gasteiger partial charge in [0.05, 0.1) is 12.7 Å². The Hall–Kier alpha value is -2.87. The number of hydrogen-bond acceptors (Lipinski definition) is 7. The van der Waals surface area contributed by atoms with E-state index in [4.69, 9.17) is 9.47 Å². The molecule has 154 valence electrons. The zero-order valence-electron chi connectivity index (χ0n) is 16.5. The molecule has 0 fully saturated rings. The number of methoxy groups -OCH3 is 1. The highest BCUT2D eigenvalue weighted by molar-refractivity contribution is 7.17. The number of ether oxygens (including phenoxy) is 2. The van der Waals surface area contributed by atoms with Crippen LogP contribution in [0, 0.1) is 12.8 Å². The number of phenolic OH excluding ortho intramolecular Hbond substituents is 1. The second-order valence-electron chi connectivity index (χ2n) is 7.19. The average molecular weight is 417 g/mol. The monoisotopic (exact) mass is 417 g/mol. The second-order valence-corrected chi connectivity index (χ2v) is 8.30. The van der Waals surface area contributed by atoms with Crippen LogP contribution < -0.4 is 5.32 Å². The van der Waals surface area contributed by atoms with E-state index in [1.807, 2.05) is 0 Å². The molecule has 1 unspecified atom stereocenters. The highest BCUT2D eigenvalue weighted by Crippen LogP contribution is 2.40. The van der Waals surface area contributed by atoms with Crippen molar-refractivity contribution in [2.75, 3.05) is 19.0 Å². The Morgan fingerprint density at radius 1 is 1.28 bits per heavy atom. The van der Waals surface area contributed by atoms with Gasteiger partial charge in [-0.25, -0.2) is 9.59 Å². The van der Waals surface area contributed by atoms with Gasteiger partial charge in [-0.05, 0) is 49.8 Å². The van der Waals surface area contributed by atoms with Gasteiger partial charge in [0.25, 0.3) is 5.91 Å². The summed E-state index contributed by atoms with van der Waals surface area (Å²) in [7, 11) is 1.31. The number of esters is 2. The van der Waals surface area contributed by atoms with Crippen molar-refractivity contribution in [3.8, 4) is 5.75 Å². The molecule has 7 nitrogen and oxygen atoms in total. The summed E-state index contributed by atoms with van der Waals surface area (Å²) in [6.45, 7) is 3.39. The molecule has 0 saturated heterocycles. The van der Waals surface area contributed by atoms with Gasteiger partial charge >= 0.3 is 11.9 Å². The molecule has 1 aromatic carbocycles. The number of hydrogen-bond donors (Lipinski definition) is 2. The number of aromatic hydroxyl groups is 1. The first-order valence-electron chi connectivity index (χ1n) is 9.29. The van der Waals surface area contributed by atoms with Gasteiger partial charge in [-0.1, -0.05) is 18.6 Å². The molecule has 8 heteroatoms. The van der Waals surface area contributed by atoms with Crippen LogP contribution in [-0.4, -0.2) is 36.7 Å². The van der Waals surface area contributed by atoms with Gasteiger partial charge < -0.3 is 19.9 Å². The number of fused-ring (bicyclic) bond motifs is 1. The highest BCUT2D eigenvalue weighted by atomic mass is 32.1. The molecule has 0 bridgehead atoms. The number of benzene rings is 1. The van der Waals surface area contributed by atoms with Crippen molar-refractivity contribution < 1.29 is 29.0 Å². The molecule has 3 rings (SSSR count). The first kappa shape index (κ1) is 20.9. The Balaban J connectivity index is 1.71. The number of rotatable bonds is 5. The summed E-state index contributed by atoms with van der Waals surface area (Å²) in [6.07, 6.45) is 2.58. The molecule has 2 aromatic rings. The highest BCUT2D eigenvalue weighted by Gasteiger charge is 2.29. The SMILES string of the molecule is COC(=O)c1c(NC(=O)COC(=O)c2cc(C)ccc2O)sc2c1CCC(C)C2. The Kier molecular flexibility index (Phi) is 6.22. The summed E-state index contributed by atoms with van der Waals surface area (Å²) in [6, 6.07) is 4.54. The topological polar surface area (TPSA) is 102 Å². The molecule has 0 aliphatic heterocycles. The Morgan fingerprint density at radius 3 is 2.76 bits per heavy atom. The van der Waals surface area contributed by atoms with E-state index < -0.39 is 24.5 Å². The van der Waals surface area contributed by atoms with Crippen LogP contribution in [0.25, 0.3) is 0 Å². The molecule has 1 aliphatic carbocycles. The van der Waals surface area contributed by atoms with Crippen molar-refractivity contribution in [3.05, 3.63) is 45.3 Å². The molecule has 1 heterocycles. The molecule has 1 atom stereocenters. The molecule has 0 radical (unpaired) electrons. The largest absolute Gasteiger partial charge is 0.507 e. The summed E-state index contributed by atoms with van der Waals surface area (Å²) in [5, 5.41) is 12.9. The molecule has 1 aromatic heterocycles. The molecule has 29 heavy (non-hydrogen) atoms. The summed E-state index contributed by atoms with van der Waals surface area (Å²) >= 11 is 1.36.